The summed E-state index contributed by atoms with van der Waals surface area (Å²) < 4.78 is 9.81. The van der Waals surface area contributed by atoms with Gasteiger partial charge in [0.1, 0.15) is 0 Å². The quantitative estimate of drug-likeness (QED) is 0.433. The molecule has 24 heavy (non-hydrogen) atoms. The van der Waals surface area contributed by atoms with Crippen LogP contribution in [0.1, 0.15) is 19.4 Å². The molecular formula is C17H19NO6. The van der Waals surface area contributed by atoms with Crippen molar-refractivity contribution in [2.45, 2.75) is 26.4 Å². The summed E-state index contributed by atoms with van der Waals surface area (Å²) in [5.74, 6) is -4.98. The van der Waals surface area contributed by atoms with Crippen LogP contribution >= 0.6 is 0 Å². The summed E-state index contributed by atoms with van der Waals surface area (Å²) in [6.45, 7) is 3.35. The van der Waals surface area contributed by atoms with Gasteiger partial charge in [-0.2, -0.15) is 0 Å². The predicted octanol–water partition coefficient (Wildman–Crippen LogP) is 0.709. The summed E-state index contributed by atoms with van der Waals surface area (Å²) in [6.07, 6.45) is 0. The highest BCUT2D eigenvalue weighted by Gasteiger charge is 2.55. The molecule has 1 fully saturated rings. The third kappa shape index (κ3) is 3.45. The molecule has 0 N–H and O–H groups in total. The molecule has 1 amide bonds. The Bertz CT molecular complexity index is 642. The molecule has 0 aliphatic carbocycles. The van der Waals surface area contributed by atoms with Crippen molar-refractivity contribution in [1.82, 2.24) is 4.90 Å². The Kier molecular flexibility index (Phi) is 5.68. The van der Waals surface area contributed by atoms with E-state index in [1.54, 1.807) is 38.1 Å². The Hall–Kier alpha value is -2.70. The number of rotatable bonds is 6. The van der Waals surface area contributed by atoms with Gasteiger partial charge in [0.05, 0.1) is 13.2 Å². The average Bonchev–Trinajstić information content (AvgIpc) is 2.81. The normalized spacial score (nSPS) is 20.2. The van der Waals surface area contributed by atoms with E-state index in [0.717, 1.165) is 10.5 Å². The lowest BCUT2D eigenvalue weighted by Gasteiger charge is -2.24. The highest BCUT2D eigenvalue weighted by Crippen LogP contribution is 2.27. The van der Waals surface area contributed by atoms with Crippen molar-refractivity contribution in [3.8, 4) is 0 Å². The van der Waals surface area contributed by atoms with Crippen LogP contribution in [-0.4, -0.2) is 47.8 Å². The Labute approximate surface area is 139 Å². The first-order valence-electron chi connectivity index (χ1n) is 7.73. The number of nitrogens with zero attached hydrogens (tertiary/aromatic N) is 1. The molecule has 0 aromatic heterocycles. The molecule has 2 atom stereocenters. The SMILES string of the molecule is CCOC(=O)C1C(=O)C(=O)N(Cc2ccccc2)C1C(=O)OCC. The van der Waals surface area contributed by atoms with Crippen molar-refractivity contribution in [2.24, 2.45) is 5.92 Å². The standard InChI is InChI=1S/C17H19NO6/c1-3-23-16(21)12-13(17(22)24-4-2)18(15(20)14(12)19)10-11-8-6-5-7-9-11/h5-9,12-13H,3-4,10H2,1-2H3. The average molecular weight is 333 g/mol. The molecule has 128 valence electrons. The molecule has 0 radical (unpaired) electrons. The largest absolute Gasteiger partial charge is 0.465 e. The van der Waals surface area contributed by atoms with Crippen LogP contribution in [0.3, 0.4) is 0 Å². The second-order valence-electron chi connectivity index (χ2n) is 5.21. The molecule has 2 unspecified atom stereocenters. The first-order valence-corrected chi connectivity index (χ1v) is 7.73. The van der Waals surface area contributed by atoms with Crippen molar-refractivity contribution in [2.75, 3.05) is 13.2 Å². The molecule has 1 aliphatic heterocycles. The van der Waals surface area contributed by atoms with Crippen molar-refractivity contribution < 1.29 is 28.7 Å². The van der Waals surface area contributed by atoms with E-state index in [1.807, 2.05) is 6.07 Å². The summed E-state index contributed by atoms with van der Waals surface area (Å²) in [4.78, 5) is 50.0. The van der Waals surface area contributed by atoms with E-state index in [0.29, 0.717) is 0 Å². The number of amides is 1. The lowest BCUT2D eigenvalue weighted by atomic mass is 9.99. The van der Waals surface area contributed by atoms with Gasteiger partial charge in [-0.05, 0) is 19.4 Å². The molecule has 1 aromatic rings. The van der Waals surface area contributed by atoms with E-state index in [1.165, 1.54) is 0 Å². The maximum atomic E-state index is 12.3. The number of Topliss-reactive ketones (excluding diaryl/α,β-unsaturated/α-hetero) is 1. The highest BCUT2D eigenvalue weighted by molar-refractivity contribution is 6.43. The molecule has 0 spiro atoms. The van der Waals surface area contributed by atoms with E-state index in [-0.39, 0.29) is 19.8 Å². The van der Waals surface area contributed by atoms with E-state index >= 15 is 0 Å². The van der Waals surface area contributed by atoms with Crippen molar-refractivity contribution in [3.05, 3.63) is 35.9 Å². The van der Waals surface area contributed by atoms with Crippen LogP contribution in [0.25, 0.3) is 0 Å². The van der Waals surface area contributed by atoms with Gasteiger partial charge in [0.2, 0.25) is 5.78 Å². The topological polar surface area (TPSA) is 90.0 Å². The number of esters is 2. The first-order chi connectivity index (χ1) is 11.5. The maximum absolute atomic E-state index is 12.3. The van der Waals surface area contributed by atoms with Gasteiger partial charge in [-0.3, -0.25) is 14.4 Å². The summed E-state index contributed by atoms with van der Waals surface area (Å²) in [7, 11) is 0. The minimum absolute atomic E-state index is 0.0325. The second-order valence-corrected chi connectivity index (χ2v) is 5.21. The van der Waals surface area contributed by atoms with E-state index in [9.17, 15) is 19.2 Å². The van der Waals surface area contributed by atoms with Crippen LogP contribution < -0.4 is 0 Å². The fourth-order valence-corrected chi connectivity index (χ4v) is 2.63. The lowest BCUT2D eigenvalue weighted by Crippen LogP contribution is -2.44. The van der Waals surface area contributed by atoms with Gasteiger partial charge in [-0.1, -0.05) is 30.3 Å². The van der Waals surface area contributed by atoms with Gasteiger partial charge >= 0.3 is 11.9 Å². The zero-order valence-corrected chi connectivity index (χ0v) is 13.6. The minimum Gasteiger partial charge on any atom is -0.465 e. The van der Waals surface area contributed by atoms with Crippen molar-refractivity contribution >= 4 is 23.6 Å². The molecular weight excluding hydrogens is 314 g/mol. The Morgan fingerprint density at radius 3 is 2.17 bits per heavy atom. The van der Waals surface area contributed by atoms with Crippen molar-refractivity contribution in [3.63, 3.8) is 0 Å². The number of ether oxygens (including phenoxy) is 2. The zero-order valence-electron chi connectivity index (χ0n) is 13.6. The van der Waals surface area contributed by atoms with Crippen LogP contribution in [0.5, 0.6) is 0 Å². The highest BCUT2D eigenvalue weighted by atomic mass is 16.5. The van der Waals surface area contributed by atoms with Gasteiger partial charge in [0.25, 0.3) is 5.91 Å². The van der Waals surface area contributed by atoms with Crippen LogP contribution in [0.15, 0.2) is 30.3 Å². The van der Waals surface area contributed by atoms with E-state index in [4.69, 9.17) is 9.47 Å². The minimum atomic E-state index is -1.49. The fourth-order valence-electron chi connectivity index (χ4n) is 2.63. The molecule has 1 heterocycles. The molecule has 7 heteroatoms. The number of carbonyl (C=O) groups is 4. The van der Waals surface area contributed by atoms with E-state index < -0.39 is 35.6 Å². The zero-order chi connectivity index (χ0) is 17.7. The van der Waals surface area contributed by atoms with Crippen LogP contribution in [-0.2, 0) is 35.2 Å². The molecule has 0 saturated carbocycles. The molecule has 1 aliphatic rings. The van der Waals surface area contributed by atoms with Crippen LogP contribution in [0, 0.1) is 5.92 Å². The molecule has 1 saturated heterocycles. The molecule has 0 bridgehead atoms. The van der Waals surface area contributed by atoms with Crippen LogP contribution in [0.4, 0.5) is 0 Å². The number of benzene rings is 1. The fraction of sp³-hybridized carbons (Fsp3) is 0.412. The Morgan fingerprint density at radius 1 is 1.00 bits per heavy atom. The van der Waals surface area contributed by atoms with Gasteiger partial charge in [0.15, 0.2) is 12.0 Å². The third-order valence-electron chi connectivity index (χ3n) is 3.67. The molecule has 7 nitrogen and oxygen atoms in total. The summed E-state index contributed by atoms with van der Waals surface area (Å²) in [5.41, 5.74) is 0.734. The molecule has 1 aromatic carbocycles. The van der Waals surface area contributed by atoms with Crippen molar-refractivity contribution in [1.29, 1.82) is 0 Å². The van der Waals surface area contributed by atoms with Gasteiger partial charge < -0.3 is 14.4 Å². The number of ketones is 1. The summed E-state index contributed by atoms with van der Waals surface area (Å²) in [6, 6.07) is 7.59. The summed E-state index contributed by atoms with van der Waals surface area (Å²) in [5, 5.41) is 0. The van der Waals surface area contributed by atoms with Crippen LogP contribution in [0.2, 0.25) is 0 Å². The number of hydrogen-bond donors (Lipinski definition) is 0. The Morgan fingerprint density at radius 2 is 1.58 bits per heavy atom. The summed E-state index contributed by atoms with van der Waals surface area (Å²) >= 11 is 0. The number of likely N-dealkylation sites (tertiary alicyclic amines) is 1. The number of hydrogen-bond acceptors (Lipinski definition) is 6. The third-order valence-corrected chi connectivity index (χ3v) is 3.67. The molecule has 2 rings (SSSR count). The van der Waals surface area contributed by atoms with E-state index in [2.05, 4.69) is 0 Å². The van der Waals surface area contributed by atoms with Gasteiger partial charge in [0, 0.05) is 6.54 Å². The smallest absolute Gasteiger partial charge is 0.330 e. The maximum Gasteiger partial charge on any atom is 0.330 e. The lowest BCUT2D eigenvalue weighted by molar-refractivity contribution is -0.160. The second kappa shape index (κ2) is 7.72. The van der Waals surface area contributed by atoms with Gasteiger partial charge in [-0.15, -0.1) is 0 Å². The Balaban J connectivity index is 2.35. The van der Waals surface area contributed by atoms with Gasteiger partial charge in [-0.25, -0.2) is 4.79 Å². The number of carbonyl (C=O) groups excluding carboxylic acids is 4. The predicted molar refractivity (Wildman–Crippen MR) is 82.5 cm³/mol. The monoisotopic (exact) mass is 333 g/mol. The first kappa shape index (κ1) is 17.7.